The molecular formula is C29H23N3O5S2. The number of hydrogen-bond donors (Lipinski definition) is 0. The molecule has 0 unspecified atom stereocenters. The van der Waals surface area contributed by atoms with E-state index in [1.165, 1.54) is 72.9 Å². The van der Waals surface area contributed by atoms with Gasteiger partial charge in [-0.25, -0.2) is 9.88 Å². The molecule has 2 amide bonds. The van der Waals surface area contributed by atoms with E-state index in [1.807, 2.05) is 12.1 Å². The van der Waals surface area contributed by atoms with Crippen LogP contribution in [0, 0.1) is 10.1 Å². The first-order chi connectivity index (χ1) is 18.9. The van der Waals surface area contributed by atoms with Crippen molar-refractivity contribution < 1.29 is 19.3 Å². The van der Waals surface area contributed by atoms with E-state index in [-0.39, 0.29) is 28.4 Å². The number of thioether (sulfide) groups is 1. The van der Waals surface area contributed by atoms with E-state index in [0.717, 1.165) is 15.7 Å². The molecule has 2 heterocycles. The lowest BCUT2D eigenvalue weighted by Gasteiger charge is -2.22. The van der Waals surface area contributed by atoms with Gasteiger partial charge in [0.05, 0.1) is 37.7 Å². The Morgan fingerprint density at radius 1 is 0.974 bits per heavy atom. The normalized spacial score (nSPS) is 15.6. The van der Waals surface area contributed by atoms with Crippen LogP contribution in [-0.4, -0.2) is 33.3 Å². The summed E-state index contributed by atoms with van der Waals surface area (Å²) in [6.45, 7) is 0. The Morgan fingerprint density at radius 2 is 1.72 bits per heavy atom. The number of nitrogens with zero attached hydrogens (tertiary/aromatic N) is 3. The number of rotatable bonds is 7. The fraction of sp³-hybridized carbons (Fsp3) is 0.241. The first-order valence-electron chi connectivity index (χ1n) is 12.7. The van der Waals surface area contributed by atoms with Gasteiger partial charge in [0.25, 0.3) is 17.5 Å². The maximum absolute atomic E-state index is 13.0. The van der Waals surface area contributed by atoms with Crippen molar-refractivity contribution in [3.05, 3.63) is 93.0 Å². The zero-order valence-corrected chi connectivity index (χ0v) is 22.4. The minimum absolute atomic E-state index is 0.0140. The maximum atomic E-state index is 13.0. The van der Waals surface area contributed by atoms with E-state index < -0.39 is 16.7 Å². The van der Waals surface area contributed by atoms with Crippen LogP contribution in [0.5, 0.6) is 0 Å². The molecule has 1 fully saturated rings. The first-order valence-corrected chi connectivity index (χ1v) is 14.5. The van der Waals surface area contributed by atoms with Gasteiger partial charge >= 0.3 is 0 Å². The van der Waals surface area contributed by atoms with Crippen molar-refractivity contribution in [3.63, 3.8) is 0 Å². The summed E-state index contributed by atoms with van der Waals surface area (Å²) in [5.41, 5.74) is 2.98. The SMILES string of the molecule is O=C(CSc1nc2ccc(N3C(=O)c4ccc([N+](=O)[O-])cc4C3=O)cc2s1)c1ccc(C2CCCCC2)cc1. The van der Waals surface area contributed by atoms with Crippen molar-refractivity contribution in [1.29, 1.82) is 0 Å². The molecule has 0 radical (unpaired) electrons. The number of thiazole rings is 1. The molecule has 6 rings (SSSR count). The van der Waals surface area contributed by atoms with Crippen molar-refractivity contribution in [2.45, 2.75) is 42.4 Å². The molecule has 1 saturated carbocycles. The highest BCUT2D eigenvalue weighted by Crippen LogP contribution is 2.36. The quantitative estimate of drug-likeness (QED) is 0.0789. The van der Waals surface area contributed by atoms with Gasteiger partial charge in [0.2, 0.25) is 0 Å². The molecule has 3 aromatic carbocycles. The van der Waals surface area contributed by atoms with Crippen LogP contribution in [0.15, 0.2) is 65.0 Å². The van der Waals surface area contributed by atoms with Gasteiger partial charge in [-0.3, -0.25) is 24.5 Å². The number of fused-ring (bicyclic) bond motifs is 2. The highest BCUT2D eigenvalue weighted by atomic mass is 32.2. The minimum Gasteiger partial charge on any atom is -0.293 e. The van der Waals surface area contributed by atoms with Crippen LogP contribution < -0.4 is 4.90 Å². The van der Waals surface area contributed by atoms with E-state index in [2.05, 4.69) is 17.1 Å². The Balaban J connectivity index is 1.15. The van der Waals surface area contributed by atoms with E-state index in [4.69, 9.17) is 0 Å². The van der Waals surface area contributed by atoms with Gasteiger partial charge in [0.1, 0.15) is 0 Å². The van der Waals surface area contributed by atoms with Gasteiger partial charge in [-0.1, -0.05) is 55.3 Å². The number of imide groups is 1. The van der Waals surface area contributed by atoms with E-state index in [0.29, 0.717) is 27.0 Å². The molecular weight excluding hydrogens is 534 g/mol. The number of nitro benzene ring substituents is 1. The number of carbonyl (C=O) groups excluding carboxylic acids is 3. The maximum Gasteiger partial charge on any atom is 0.270 e. The molecule has 1 aliphatic carbocycles. The van der Waals surface area contributed by atoms with Crippen LogP contribution in [0.1, 0.15) is 74.7 Å². The molecule has 1 aromatic heterocycles. The summed E-state index contributed by atoms with van der Waals surface area (Å²) in [6.07, 6.45) is 6.30. The number of benzene rings is 3. The lowest BCUT2D eigenvalue weighted by Crippen LogP contribution is -2.29. The van der Waals surface area contributed by atoms with E-state index in [9.17, 15) is 24.5 Å². The molecule has 8 nitrogen and oxygen atoms in total. The fourth-order valence-electron chi connectivity index (χ4n) is 5.26. The van der Waals surface area contributed by atoms with Crippen LogP contribution in [0.3, 0.4) is 0 Å². The van der Waals surface area contributed by atoms with Crippen molar-refractivity contribution in [2.75, 3.05) is 10.7 Å². The Hall–Kier alpha value is -3.89. The lowest BCUT2D eigenvalue weighted by atomic mass is 9.84. The zero-order valence-electron chi connectivity index (χ0n) is 20.8. The molecule has 0 saturated heterocycles. The highest BCUT2D eigenvalue weighted by Gasteiger charge is 2.38. The van der Waals surface area contributed by atoms with Gasteiger partial charge in [-0.05, 0) is 48.6 Å². The third-order valence-corrected chi connectivity index (χ3v) is 9.49. The number of amides is 2. The molecule has 0 atom stereocenters. The summed E-state index contributed by atoms with van der Waals surface area (Å²) < 4.78 is 1.48. The summed E-state index contributed by atoms with van der Waals surface area (Å²) in [5, 5.41) is 11.1. The number of nitro groups is 1. The Labute approximate surface area is 232 Å². The summed E-state index contributed by atoms with van der Waals surface area (Å²) in [6, 6.07) is 16.8. The van der Waals surface area contributed by atoms with Gasteiger partial charge in [0.15, 0.2) is 10.1 Å². The predicted molar refractivity (Wildman–Crippen MR) is 151 cm³/mol. The standard InChI is InChI=1S/C29H23N3O5S2/c33-25(19-8-6-18(7-9-19)17-4-2-1-3-5-17)16-38-29-30-24-13-11-20(15-26(24)39-29)31-27(34)22-12-10-21(32(36)37)14-23(22)28(31)35/h6-15,17H,1-5,16H2. The van der Waals surface area contributed by atoms with E-state index in [1.54, 1.807) is 18.2 Å². The molecule has 1 aliphatic heterocycles. The lowest BCUT2D eigenvalue weighted by molar-refractivity contribution is -0.384. The van der Waals surface area contributed by atoms with Crippen molar-refractivity contribution in [1.82, 2.24) is 4.98 Å². The predicted octanol–water partition coefficient (Wildman–Crippen LogP) is 7.03. The molecule has 10 heteroatoms. The second kappa shape index (κ2) is 10.3. The molecule has 0 spiro atoms. The van der Waals surface area contributed by atoms with Crippen molar-refractivity contribution in [2.24, 2.45) is 0 Å². The fourth-order valence-corrected chi connectivity index (χ4v) is 7.25. The number of carbonyl (C=O) groups is 3. The Bertz CT molecular complexity index is 1640. The van der Waals surface area contributed by atoms with Crippen molar-refractivity contribution in [3.8, 4) is 0 Å². The summed E-state index contributed by atoms with van der Waals surface area (Å²) in [4.78, 5) is 54.9. The van der Waals surface area contributed by atoms with Gasteiger partial charge < -0.3 is 0 Å². The second-order valence-corrected chi connectivity index (χ2v) is 12.0. The number of ketones is 1. The van der Waals surface area contributed by atoms with Gasteiger partial charge in [-0.2, -0.15) is 0 Å². The highest BCUT2D eigenvalue weighted by molar-refractivity contribution is 8.01. The Kier molecular flexibility index (Phi) is 6.74. The van der Waals surface area contributed by atoms with Crippen LogP contribution in [0.25, 0.3) is 10.2 Å². The number of hydrogen-bond acceptors (Lipinski definition) is 8. The average Bonchev–Trinajstić information content (AvgIpc) is 3.49. The average molecular weight is 558 g/mol. The van der Waals surface area contributed by atoms with Crippen LogP contribution in [-0.2, 0) is 0 Å². The number of anilines is 1. The molecule has 39 heavy (non-hydrogen) atoms. The third kappa shape index (κ3) is 4.86. The smallest absolute Gasteiger partial charge is 0.270 e. The van der Waals surface area contributed by atoms with Gasteiger partial charge in [0, 0.05) is 17.7 Å². The topological polar surface area (TPSA) is 110 Å². The van der Waals surface area contributed by atoms with E-state index >= 15 is 0 Å². The number of Topliss-reactive ketones (excluding diaryl/α,β-unsaturated/α-hetero) is 1. The summed E-state index contributed by atoms with van der Waals surface area (Å²) >= 11 is 2.74. The van der Waals surface area contributed by atoms with Gasteiger partial charge in [-0.15, -0.1) is 11.3 Å². The van der Waals surface area contributed by atoms with Crippen LogP contribution >= 0.6 is 23.1 Å². The summed E-state index contributed by atoms with van der Waals surface area (Å²) in [7, 11) is 0. The minimum atomic E-state index is -0.600. The van der Waals surface area contributed by atoms with Crippen LogP contribution in [0.2, 0.25) is 0 Å². The number of aromatic nitrogens is 1. The number of non-ortho nitro benzene ring substituents is 1. The van der Waals surface area contributed by atoms with Crippen molar-refractivity contribution >= 4 is 62.3 Å². The largest absolute Gasteiger partial charge is 0.293 e. The molecule has 2 aliphatic rings. The second-order valence-electron chi connectivity index (χ2n) is 9.73. The molecule has 4 aromatic rings. The molecule has 196 valence electrons. The molecule has 0 bridgehead atoms. The third-order valence-electron chi connectivity index (χ3n) is 7.33. The first kappa shape index (κ1) is 25.4. The Morgan fingerprint density at radius 3 is 2.46 bits per heavy atom. The van der Waals surface area contributed by atoms with Crippen LogP contribution in [0.4, 0.5) is 11.4 Å². The summed E-state index contributed by atoms with van der Waals surface area (Å²) in [5.74, 6) is -0.230. The monoisotopic (exact) mass is 557 g/mol. The zero-order chi connectivity index (χ0) is 27.1. The molecule has 0 N–H and O–H groups in total.